The van der Waals surface area contributed by atoms with E-state index in [4.69, 9.17) is 23.2 Å². The van der Waals surface area contributed by atoms with Crippen LogP contribution in [-0.2, 0) is 19.6 Å². The van der Waals surface area contributed by atoms with E-state index in [9.17, 15) is 13.2 Å². The van der Waals surface area contributed by atoms with Crippen molar-refractivity contribution in [2.45, 2.75) is 12.8 Å². The van der Waals surface area contributed by atoms with Crippen molar-refractivity contribution < 1.29 is 17.9 Å². The van der Waals surface area contributed by atoms with Gasteiger partial charge in [0.1, 0.15) is 0 Å². The number of methoxy groups -OCH3 is 1. The van der Waals surface area contributed by atoms with E-state index in [1.54, 1.807) is 6.07 Å². The van der Waals surface area contributed by atoms with Crippen LogP contribution < -0.4 is 4.31 Å². The largest absolute Gasteiger partial charge is 0.469 e. The van der Waals surface area contributed by atoms with Gasteiger partial charge < -0.3 is 4.74 Å². The second-order valence-electron chi connectivity index (χ2n) is 4.11. The molecule has 8 heteroatoms. The Kier molecular flexibility index (Phi) is 6.10. The highest BCUT2D eigenvalue weighted by Crippen LogP contribution is 2.30. The summed E-state index contributed by atoms with van der Waals surface area (Å²) in [6.07, 6.45) is 1.52. The molecule has 0 atom stereocenters. The van der Waals surface area contributed by atoms with Gasteiger partial charge in [-0.1, -0.05) is 23.2 Å². The normalized spacial score (nSPS) is 11.2. The lowest BCUT2D eigenvalue weighted by Crippen LogP contribution is -2.31. The third kappa shape index (κ3) is 4.85. The van der Waals surface area contributed by atoms with Crippen LogP contribution >= 0.6 is 23.2 Å². The molecule has 0 heterocycles. The van der Waals surface area contributed by atoms with Gasteiger partial charge in [-0.3, -0.25) is 9.10 Å². The summed E-state index contributed by atoms with van der Waals surface area (Å²) in [6, 6.07) is 4.57. The molecule has 0 aliphatic rings. The quantitative estimate of drug-likeness (QED) is 0.747. The average molecular weight is 340 g/mol. The highest BCUT2D eigenvalue weighted by molar-refractivity contribution is 7.92. The van der Waals surface area contributed by atoms with Crippen molar-refractivity contribution in [3.63, 3.8) is 0 Å². The van der Waals surface area contributed by atoms with E-state index in [1.807, 2.05) is 0 Å². The van der Waals surface area contributed by atoms with Crippen molar-refractivity contribution in [1.82, 2.24) is 0 Å². The van der Waals surface area contributed by atoms with E-state index >= 15 is 0 Å². The molecular weight excluding hydrogens is 325 g/mol. The first-order valence-corrected chi connectivity index (χ1v) is 8.35. The Labute approximate surface area is 128 Å². The highest BCUT2D eigenvalue weighted by atomic mass is 35.5. The highest BCUT2D eigenvalue weighted by Gasteiger charge is 2.20. The SMILES string of the molecule is COC(=O)CCCN(c1cc(Cl)ccc1Cl)S(C)(=O)=O. The molecule has 0 spiro atoms. The zero-order valence-electron chi connectivity index (χ0n) is 11.1. The fourth-order valence-corrected chi connectivity index (χ4v) is 3.02. The first-order valence-electron chi connectivity index (χ1n) is 5.75. The fourth-order valence-electron chi connectivity index (χ4n) is 1.61. The Balaban J connectivity index is 2.96. The molecule has 0 fully saturated rings. The van der Waals surface area contributed by atoms with E-state index in [0.717, 1.165) is 10.6 Å². The van der Waals surface area contributed by atoms with Crippen molar-refractivity contribution in [2.24, 2.45) is 0 Å². The summed E-state index contributed by atoms with van der Waals surface area (Å²) in [4.78, 5) is 11.1. The average Bonchev–Trinajstić information content (AvgIpc) is 2.36. The molecule has 0 aliphatic carbocycles. The van der Waals surface area contributed by atoms with Crippen LogP contribution in [0.1, 0.15) is 12.8 Å². The number of hydrogen-bond acceptors (Lipinski definition) is 4. The Bertz CT molecular complexity index is 589. The lowest BCUT2D eigenvalue weighted by molar-refractivity contribution is -0.140. The summed E-state index contributed by atoms with van der Waals surface area (Å²) in [5.74, 6) is -0.393. The third-order valence-corrected chi connectivity index (χ3v) is 4.28. The van der Waals surface area contributed by atoms with Gasteiger partial charge in [-0.15, -0.1) is 0 Å². The van der Waals surface area contributed by atoms with Crippen LogP contribution in [0.15, 0.2) is 18.2 Å². The maximum absolute atomic E-state index is 11.8. The van der Waals surface area contributed by atoms with Crippen LogP contribution in [0.4, 0.5) is 5.69 Å². The molecule has 0 N–H and O–H groups in total. The number of rotatable bonds is 6. The van der Waals surface area contributed by atoms with E-state index in [0.29, 0.717) is 17.1 Å². The van der Waals surface area contributed by atoms with Gasteiger partial charge in [-0.05, 0) is 24.6 Å². The number of halogens is 2. The van der Waals surface area contributed by atoms with Gasteiger partial charge in [0.25, 0.3) is 0 Å². The van der Waals surface area contributed by atoms with E-state index in [2.05, 4.69) is 4.74 Å². The van der Waals surface area contributed by atoms with Crippen LogP contribution in [0.5, 0.6) is 0 Å². The second kappa shape index (κ2) is 7.15. The minimum Gasteiger partial charge on any atom is -0.469 e. The van der Waals surface area contributed by atoms with Gasteiger partial charge in [0, 0.05) is 18.0 Å². The lowest BCUT2D eigenvalue weighted by atomic mass is 10.3. The van der Waals surface area contributed by atoms with Crippen molar-refractivity contribution in [1.29, 1.82) is 0 Å². The molecule has 0 saturated carbocycles. The Morgan fingerprint density at radius 2 is 2.00 bits per heavy atom. The topological polar surface area (TPSA) is 63.7 Å². The van der Waals surface area contributed by atoms with E-state index in [-0.39, 0.29) is 18.0 Å². The van der Waals surface area contributed by atoms with Crippen molar-refractivity contribution in [2.75, 3.05) is 24.2 Å². The predicted molar refractivity (Wildman–Crippen MR) is 79.9 cm³/mol. The van der Waals surface area contributed by atoms with Crippen LogP contribution in [0, 0.1) is 0 Å². The molecule has 0 saturated heterocycles. The number of hydrogen-bond donors (Lipinski definition) is 0. The lowest BCUT2D eigenvalue weighted by Gasteiger charge is -2.23. The standard InChI is InChI=1S/C12H15Cl2NO4S/c1-19-12(16)4-3-7-15(20(2,17)18)11-8-9(13)5-6-10(11)14/h5-6,8H,3-4,7H2,1-2H3. The fraction of sp³-hybridized carbons (Fsp3) is 0.417. The summed E-state index contributed by atoms with van der Waals surface area (Å²) in [5.41, 5.74) is 0.298. The molecule has 0 aliphatic heterocycles. The predicted octanol–water partition coefficient (Wildman–Crippen LogP) is 2.71. The van der Waals surface area contributed by atoms with E-state index in [1.165, 1.54) is 19.2 Å². The molecule has 0 radical (unpaired) electrons. The molecule has 1 aromatic rings. The maximum atomic E-state index is 11.8. The summed E-state index contributed by atoms with van der Waals surface area (Å²) in [5, 5.41) is 0.656. The van der Waals surface area contributed by atoms with Crippen LogP contribution in [0.25, 0.3) is 0 Å². The Morgan fingerprint density at radius 3 is 2.55 bits per heavy atom. The smallest absolute Gasteiger partial charge is 0.305 e. The molecule has 0 aromatic heterocycles. The molecule has 1 aromatic carbocycles. The monoisotopic (exact) mass is 339 g/mol. The molecule has 0 amide bonds. The number of anilines is 1. The number of nitrogens with zero attached hydrogens (tertiary/aromatic N) is 1. The van der Waals surface area contributed by atoms with Gasteiger partial charge in [0.05, 0.1) is 24.1 Å². The number of esters is 1. The first-order chi connectivity index (χ1) is 9.25. The summed E-state index contributed by atoms with van der Waals surface area (Å²) >= 11 is 11.9. The number of benzene rings is 1. The zero-order chi connectivity index (χ0) is 15.3. The number of ether oxygens (including phenoxy) is 1. The molecular formula is C12H15Cl2NO4S. The summed E-state index contributed by atoms with van der Waals surface area (Å²) in [6.45, 7) is 0.119. The number of carbonyl (C=O) groups excluding carboxylic acids is 1. The maximum Gasteiger partial charge on any atom is 0.305 e. The minimum atomic E-state index is -3.52. The van der Waals surface area contributed by atoms with Crippen molar-refractivity contribution >= 4 is 44.9 Å². The molecule has 112 valence electrons. The van der Waals surface area contributed by atoms with Crippen LogP contribution in [0.2, 0.25) is 10.0 Å². The summed E-state index contributed by atoms with van der Waals surface area (Å²) in [7, 11) is -2.24. The first kappa shape index (κ1) is 17.1. The molecule has 0 unspecified atom stereocenters. The van der Waals surface area contributed by atoms with Gasteiger partial charge in [0.2, 0.25) is 10.0 Å². The van der Waals surface area contributed by atoms with Crippen LogP contribution in [0.3, 0.4) is 0 Å². The third-order valence-electron chi connectivity index (χ3n) is 2.55. The molecule has 1 rings (SSSR count). The van der Waals surface area contributed by atoms with Gasteiger partial charge in [-0.2, -0.15) is 0 Å². The number of sulfonamides is 1. The van der Waals surface area contributed by atoms with Gasteiger partial charge in [-0.25, -0.2) is 8.42 Å². The molecule has 0 bridgehead atoms. The minimum absolute atomic E-state index is 0.119. The van der Waals surface area contributed by atoms with Crippen molar-refractivity contribution in [3.8, 4) is 0 Å². The zero-order valence-corrected chi connectivity index (χ0v) is 13.4. The second-order valence-corrected chi connectivity index (χ2v) is 6.86. The van der Waals surface area contributed by atoms with Gasteiger partial charge in [0.15, 0.2) is 0 Å². The summed E-state index contributed by atoms with van der Waals surface area (Å²) < 4.78 is 29.3. The molecule has 5 nitrogen and oxygen atoms in total. The van der Waals surface area contributed by atoms with Crippen LogP contribution in [-0.4, -0.2) is 34.3 Å². The Hall–Kier alpha value is -0.980. The Morgan fingerprint density at radius 1 is 1.35 bits per heavy atom. The van der Waals surface area contributed by atoms with Gasteiger partial charge >= 0.3 is 5.97 Å². The van der Waals surface area contributed by atoms with Crippen molar-refractivity contribution in [3.05, 3.63) is 28.2 Å². The number of carbonyl (C=O) groups is 1. The van der Waals surface area contributed by atoms with E-state index < -0.39 is 16.0 Å². The molecule has 20 heavy (non-hydrogen) atoms.